The second-order valence-corrected chi connectivity index (χ2v) is 20.3. The highest BCUT2D eigenvalue weighted by Crippen LogP contribution is 2.61. The Morgan fingerprint density at radius 1 is 0.586 bits per heavy atom. The van der Waals surface area contributed by atoms with Crippen LogP contribution in [0.2, 0.25) is 0 Å². The SMILES string of the molecule is Cc1cc(C(C)(C)C)ccc1N(c1ccc2c(c1)N(c1ccccc1)c1cccc3c1B2c1cccc2c1N3C1(C)CCCCC21C)c1ccc(C(C)(C)C)cc1C. The highest BCUT2D eigenvalue weighted by Gasteiger charge is 2.61. The summed E-state index contributed by atoms with van der Waals surface area (Å²) in [6, 6.07) is 47.0. The molecule has 6 aromatic rings. The van der Waals surface area contributed by atoms with E-state index >= 15 is 0 Å². The van der Waals surface area contributed by atoms with E-state index in [0.717, 1.165) is 0 Å². The van der Waals surface area contributed by atoms with Crippen LogP contribution in [0, 0.1) is 13.8 Å². The number of hydrogen-bond acceptors (Lipinski definition) is 3. The lowest BCUT2D eigenvalue weighted by molar-refractivity contribution is 0.195. The minimum atomic E-state index is 0.0206. The lowest BCUT2D eigenvalue weighted by Crippen LogP contribution is -2.64. The van der Waals surface area contributed by atoms with Gasteiger partial charge in [-0.1, -0.05) is 134 Å². The van der Waals surface area contributed by atoms with E-state index < -0.39 is 0 Å². The van der Waals surface area contributed by atoms with E-state index in [2.05, 4.69) is 205 Å². The molecule has 0 spiro atoms. The van der Waals surface area contributed by atoms with Gasteiger partial charge in [0.15, 0.2) is 0 Å². The third kappa shape index (κ3) is 5.19. The van der Waals surface area contributed by atoms with Crippen molar-refractivity contribution in [3.8, 4) is 0 Å². The Balaban J connectivity index is 1.23. The van der Waals surface area contributed by atoms with Gasteiger partial charge in [-0.05, 0) is 137 Å². The average molecular weight is 760 g/mol. The van der Waals surface area contributed by atoms with E-state index in [1.165, 1.54) is 110 Å². The van der Waals surface area contributed by atoms with Crippen molar-refractivity contribution in [1.82, 2.24) is 0 Å². The highest BCUT2D eigenvalue weighted by molar-refractivity contribution is 7.00. The van der Waals surface area contributed by atoms with Gasteiger partial charge in [-0.3, -0.25) is 0 Å². The summed E-state index contributed by atoms with van der Waals surface area (Å²) in [4.78, 5) is 7.89. The maximum atomic E-state index is 2.81. The summed E-state index contributed by atoms with van der Waals surface area (Å²) in [5, 5.41) is 0. The molecule has 0 amide bonds. The van der Waals surface area contributed by atoms with Crippen LogP contribution in [-0.2, 0) is 16.2 Å². The molecule has 3 heterocycles. The summed E-state index contributed by atoms with van der Waals surface area (Å²) < 4.78 is 0. The van der Waals surface area contributed by atoms with E-state index in [-0.39, 0.29) is 28.5 Å². The van der Waals surface area contributed by atoms with Crippen LogP contribution >= 0.6 is 0 Å². The van der Waals surface area contributed by atoms with E-state index in [1.807, 2.05) is 0 Å². The van der Waals surface area contributed by atoms with Gasteiger partial charge in [-0.15, -0.1) is 0 Å². The molecule has 10 rings (SSSR count). The Hall–Kier alpha value is -5.22. The fourth-order valence-corrected chi connectivity index (χ4v) is 11.4. The van der Waals surface area contributed by atoms with Crippen molar-refractivity contribution < 1.29 is 0 Å². The largest absolute Gasteiger partial charge is 0.335 e. The maximum Gasteiger partial charge on any atom is 0.252 e. The summed E-state index contributed by atoms with van der Waals surface area (Å²) >= 11 is 0. The number of para-hydroxylation sites is 2. The van der Waals surface area contributed by atoms with Gasteiger partial charge in [0.2, 0.25) is 0 Å². The summed E-state index contributed by atoms with van der Waals surface area (Å²) in [6.45, 7) is 23.7. The van der Waals surface area contributed by atoms with Crippen LogP contribution in [0.3, 0.4) is 0 Å². The van der Waals surface area contributed by atoms with Gasteiger partial charge in [0.05, 0.1) is 5.54 Å². The molecule has 6 aromatic carbocycles. The number of anilines is 8. The standard InChI is InChI=1S/C54H58BN3/c1-35-32-37(51(3,4)5)24-28-44(35)57(45-29-25-38(33-36(45)2)52(6,7)8)40-26-27-42-48(34-40)56(39-18-12-11-13-19-39)46-22-17-23-47-49(46)55(42)43-21-16-20-41-50(43)58(47)54(10)31-15-14-30-53(41,54)9/h11-13,16-29,32-34H,14-15,30-31H2,1-10H3. The lowest BCUT2D eigenvalue weighted by atomic mass is 9.33. The minimum Gasteiger partial charge on any atom is -0.335 e. The van der Waals surface area contributed by atoms with Crippen molar-refractivity contribution in [3.63, 3.8) is 0 Å². The Morgan fingerprint density at radius 3 is 1.84 bits per heavy atom. The first kappa shape index (κ1) is 37.1. The van der Waals surface area contributed by atoms with Gasteiger partial charge in [-0.25, -0.2) is 0 Å². The lowest BCUT2D eigenvalue weighted by Gasteiger charge is -2.52. The third-order valence-corrected chi connectivity index (χ3v) is 14.7. The molecule has 292 valence electrons. The number of nitrogens with zero attached hydrogens (tertiary/aromatic N) is 3. The molecule has 2 atom stereocenters. The highest BCUT2D eigenvalue weighted by atomic mass is 15.3. The quantitative estimate of drug-likeness (QED) is 0.166. The van der Waals surface area contributed by atoms with Gasteiger partial charge < -0.3 is 14.7 Å². The van der Waals surface area contributed by atoms with Gasteiger partial charge in [0.25, 0.3) is 6.71 Å². The van der Waals surface area contributed by atoms with Crippen LogP contribution in [0.15, 0.2) is 121 Å². The predicted octanol–water partition coefficient (Wildman–Crippen LogP) is 12.7. The van der Waals surface area contributed by atoms with Crippen LogP contribution in [0.25, 0.3) is 0 Å². The average Bonchev–Trinajstić information content (AvgIpc) is 3.41. The van der Waals surface area contributed by atoms with Crippen molar-refractivity contribution in [1.29, 1.82) is 0 Å². The molecule has 1 saturated carbocycles. The molecule has 0 radical (unpaired) electrons. The summed E-state index contributed by atoms with van der Waals surface area (Å²) in [5.41, 5.74) is 21.5. The van der Waals surface area contributed by atoms with Crippen molar-refractivity contribution in [2.24, 2.45) is 0 Å². The van der Waals surface area contributed by atoms with Crippen molar-refractivity contribution >= 4 is 68.6 Å². The van der Waals surface area contributed by atoms with Crippen molar-refractivity contribution in [2.45, 2.75) is 117 Å². The number of benzene rings is 6. The third-order valence-electron chi connectivity index (χ3n) is 14.7. The van der Waals surface area contributed by atoms with Gasteiger partial charge >= 0.3 is 0 Å². The molecule has 0 bridgehead atoms. The smallest absolute Gasteiger partial charge is 0.252 e. The number of fused-ring (bicyclic) bond motifs is 7. The van der Waals surface area contributed by atoms with E-state index in [1.54, 1.807) is 5.56 Å². The molecular formula is C54H58BN3. The Kier molecular flexibility index (Phi) is 8.08. The normalized spacial score (nSPS) is 20.3. The Morgan fingerprint density at radius 2 is 1.21 bits per heavy atom. The molecule has 0 saturated heterocycles. The number of aryl methyl sites for hydroxylation is 2. The molecule has 1 aliphatic carbocycles. The van der Waals surface area contributed by atoms with Gasteiger partial charge in [0, 0.05) is 50.9 Å². The van der Waals surface area contributed by atoms with Gasteiger partial charge in [-0.2, -0.15) is 0 Å². The number of rotatable bonds is 4. The first-order valence-corrected chi connectivity index (χ1v) is 21.7. The van der Waals surface area contributed by atoms with Crippen LogP contribution in [0.4, 0.5) is 45.5 Å². The minimum absolute atomic E-state index is 0.0206. The number of hydrogen-bond donors (Lipinski definition) is 0. The molecule has 4 heteroatoms. The maximum absolute atomic E-state index is 2.81. The second-order valence-electron chi connectivity index (χ2n) is 20.3. The topological polar surface area (TPSA) is 9.72 Å². The van der Waals surface area contributed by atoms with E-state index in [0.29, 0.717) is 0 Å². The monoisotopic (exact) mass is 759 g/mol. The van der Waals surface area contributed by atoms with Crippen LogP contribution in [0.5, 0.6) is 0 Å². The van der Waals surface area contributed by atoms with Crippen LogP contribution < -0.4 is 31.1 Å². The fourth-order valence-electron chi connectivity index (χ4n) is 11.4. The Labute approximate surface area is 347 Å². The molecule has 3 nitrogen and oxygen atoms in total. The second kappa shape index (κ2) is 12.6. The van der Waals surface area contributed by atoms with Crippen LogP contribution in [0.1, 0.15) is 109 Å². The van der Waals surface area contributed by atoms with Crippen LogP contribution in [-0.4, -0.2) is 12.3 Å². The van der Waals surface area contributed by atoms with Crippen molar-refractivity contribution in [2.75, 3.05) is 14.7 Å². The molecule has 0 aromatic heterocycles. The zero-order valence-corrected chi connectivity index (χ0v) is 36.3. The molecule has 0 N–H and O–H groups in total. The first-order chi connectivity index (χ1) is 27.6. The summed E-state index contributed by atoms with van der Waals surface area (Å²) in [6.07, 6.45) is 5.00. The zero-order valence-electron chi connectivity index (χ0n) is 36.3. The molecule has 4 aliphatic rings. The fraction of sp³-hybridized carbons (Fsp3) is 0.333. The predicted molar refractivity (Wildman–Crippen MR) is 250 cm³/mol. The van der Waals surface area contributed by atoms with E-state index in [9.17, 15) is 0 Å². The molecule has 2 unspecified atom stereocenters. The molecular weight excluding hydrogens is 701 g/mol. The van der Waals surface area contributed by atoms with Gasteiger partial charge in [0.1, 0.15) is 0 Å². The van der Waals surface area contributed by atoms with E-state index in [4.69, 9.17) is 0 Å². The molecule has 1 fully saturated rings. The summed E-state index contributed by atoms with van der Waals surface area (Å²) in [7, 11) is 0. The zero-order chi connectivity index (χ0) is 40.5. The summed E-state index contributed by atoms with van der Waals surface area (Å²) in [5.74, 6) is 0. The first-order valence-electron chi connectivity index (χ1n) is 21.7. The molecule has 3 aliphatic heterocycles. The molecule has 58 heavy (non-hydrogen) atoms. The Bertz CT molecular complexity index is 2570. The van der Waals surface area contributed by atoms with Crippen molar-refractivity contribution in [3.05, 3.63) is 149 Å².